The van der Waals surface area contributed by atoms with Gasteiger partial charge in [-0.25, -0.2) is 0 Å². The molecule has 0 unspecified atom stereocenters. The van der Waals surface area contributed by atoms with Crippen molar-refractivity contribution >= 4 is 5.96 Å². The Kier molecular flexibility index (Phi) is 6.01. The molecule has 20 heavy (non-hydrogen) atoms. The Morgan fingerprint density at radius 3 is 2.55 bits per heavy atom. The van der Waals surface area contributed by atoms with Crippen molar-refractivity contribution in [2.24, 2.45) is 4.99 Å². The highest BCUT2D eigenvalue weighted by Gasteiger charge is 2.16. The smallest absolute Gasteiger partial charge is 0.191 e. The van der Waals surface area contributed by atoms with E-state index in [-0.39, 0.29) is 5.60 Å². The third-order valence-electron chi connectivity index (χ3n) is 3.31. The maximum absolute atomic E-state index is 5.36. The average molecular weight is 282 g/mol. The number of guanidine groups is 1. The van der Waals surface area contributed by atoms with Crippen LogP contribution in [-0.4, -0.2) is 44.0 Å². The second-order valence-corrected chi connectivity index (χ2v) is 5.37. The summed E-state index contributed by atoms with van der Waals surface area (Å²) in [6.07, 6.45) is 0.857. The van der Waals surface area contributed by atoms with Gasteiger partial charge in [0.25, 0.3) is 0 Å². The quantitative estimate of drug-likeness (QED) is 0.610. The van der Waals surface area contributed by atoms with Crippen LogP contribution < -0.4 is 10.6 Å². The second kappa shape index (κ2) is 7.28. The fraction of sp³-hybridized carbons (Fsp3) is 0.714. The topological polar surface area (TPSA) is 71.7 Å². The van der Waals surface area contributed by atoms with E-state index in [1.54, 1.807) is 14.2 Å². The minimum Gasteiger partial charge on any atom is -0.377 e. The van der Waals surface area contributed by atoms with Crippen molar-refractivity contribution in [1.29, 1.82) is 0 Å². The Balaban J connectivity index is 2.40. The van der Waals surface area contributed by atoms with E-state index in [1.807, 2.05) is 27.7 Å². The Labute approximate surface area is 121 Å². The van der Waals surface area contributed by atoms with Crippen LogP contribution in [-0.2, 0) is 11.2 Å². The third kappa shape index (κ3) is 4.85. The summed E-state index contributed by atoms with van der Waals surface area (Å²) in [4.78, 5) is 4.19. The standard InChI is InChI=1S/C14H26N4O2/c1-10-12(11(2)20-18-10)7-8-16-13(15-5)17-9-14(3,4)19-6/h7-9H2,1-6H3,(H2,15,16,17). The molecule has 0 saturated heterocycles. The summed E-state index contributed by atoms with van der Waals surface area (Å²) in [6.45, 7) is 9.41. The zero-order chi connectivity index (χ0) is 15.2. The van der Waals surface area contributed by atoms with Gasteiger partial charge in [-0.2, -0.15) is 0 Å². The van der Waals surface area contributed by atoms with E-state index in [4.69, 9.17) is 9.26 Å². The van der Waals surface area contributed by atoms with E-state index < -0.39 is 0 Å². The highest BCUT2D eigenvalue weighted by Crippen LogP contribution is 2.12. The lowest BCUT2D eigenvalue weighted by molar-refractivity contribution is 0.0268. The van der Waals surface area contributed by atoms with Crippen molar-refractivity contribution in [1.82, 2.24) is 15.8 Å². The van der Waals surface area contributed by atoms with Crippen LogP contribution in [0.1, 0.15) is 30.9 Å². The molecule has 0 aliphatic carbocycles. The second-order valence-electron chi connectivity index (χ2n) is 5.37. The lowest BCUT2D eigenvalue weighted by Crippen LogP contribution is -2.45. The van der Waals surface area contributed by atoms with E-state index in [9.17, 15) is 0 Å². The minimum absolute atomic E-state index is 0.223. The first kappa shape index (κ1) is 16.5. The Morgan fingerprint density at radius 2 is 2.05 bits per heavy atom. The summed E-state index contributed by atoms with van der Waals surface area (Å²) < 4.78 is 10.5. The molecule has 0 saturated carbocycles. The molecule has 2 N–H and O–H groups in total. The van der Waals surface area contributed by atoms with Crippen LogP contribution in [0.4, 0.5) is 0 Å². The van der Waals surface area contributed by atoms with Gasteiger partial charge in [-0.15, -0.1) is 0 Å². The maximum atomic E-state index is 5.36. The first-order valence-corrected chi connectivity index (χ1v) is 6.81. The lowest BCUT2D eigenvalue weighted by atomic mass is 10.1. The molecule has 1 rings (SSSR count). The van der Waals surface area contributed by atoms with E-state index >= 15 is 0 Å². The molecule has 0 aliphatic heterocycles. The van der Waals surface area contributed by atoms with Crippen molar-refractivity contribution in [2.45, 2.75) is 39.7 Å². The summed E-state index contributed by atoms with van der Waals surface area (Å²) >= 11 is 0. The number of methoxy groups -OCH3 is 1. The number of ether oxygens (including phenoxy) is 1. The molecular weight excluding hydrogens is 256 g/mol. The van der Waals surface area contributed by atoms with Crippen molar-refractivity contribution in [2.75, 3.05) is 27.2 Å². The first-order chi connectivity index (χ1) is 9.39. The number of nitrogens with zero attached hydrogens (tertiary/aromatic N) is 2. The molecule has 1 aromatic heterocycles. The van der Waals surface area contributed by atoms with Gasteiger partial charge in [-0.3, -0.25) is 4.99 Å². The Bertz CT molecular complexity index is 433. The molecule has 6 heteroatoms. The van der Waals surface area contributed by atoms with Crippen molar-refractivity contribution in [3.8, 4) is 0 Å². The normalized spacial score (nSPS) is 12.6. The van der Waals surface area contributed by atoms with Gasteiger partial charge in [0.1, 0.15) is 5.76 Å². The molecule has 1 heterocycles. The summed E-state index contributed by atoms with van der Waals surface area (Å²) in [7, 11) is 3.46. The fourth-order valence-corrected chi connectivity index (χ4v) is 1.75. The summed E-state index contributed by atoms with van der Waals surface area (Å²) in [6, 6.07) is 0. The van der Waals surface area contributed by atoms with Crippen molar-refractivity contribution in [3.05, 3.63) is 17.0 Å². The lowest BCUT2D eigenvalue weighted by Gasteiger charge is -2.24. The molecule has 0 fully saturated rings. The van der Waals surface area contributed by atoms with Crippen LogP contribution in [0.25, 0.3) is 0 Å². The Morgan fingerprint density at radius 1 is 1.35 bits per heavy atom. The van der Waals surface area contributed by atoms with Crippen LogP contribution >= 0.6 is 0 Å². The van der Waals surface area contributed by atoms with Crippen LogP contribution in [0.15, 0.2) is 9.52 Å². The molecule has 0 aromatic carbocycles. The Hall–Kier alpha value is -1.56. The monoisotopic (exact) mass is 282 g/mol. The average Bonchev–Trinajstić information content (AvgIpc) is 2.74. The number of hydrogen-bond acceptors (Lipinski definition) is 4. The molecule has 0 atom stereocenters. The van der Waals surface area contributed by atoms with Crippen LogP contribution in [0.2, 0.25) is 0 Å². The van der Waals surface area contributed by atoms with Gasteiger partial charge in [-0.05, 0) is 34.1 Å². The largest absolute Gasteiger partial charge is 0.377 e. The predicted molar refractivity (Wildman–Crippen MR) is 80.1 cm³/mol. The van der Waals surface area contributed by atoms with Gasteiger partial charge in [-0.1, -0.05) is 5.16 Å². The maximum Gasteiger partial charge on any atom is 0.191 e. The summed E-state index contributed by atoms with van der Waals surface area (Å²) in [5, 5.41) is 10.5. The number of aliphatic imine (C=N–C) groups is 1. The van der Waals surface area contributed by atoms with Gasteiger partial charge < -0.3 is 19.9 Å². The molecule has 0 radical (unpaired) electrons. The molecule has 0 bridgehead atoms. The van der Waals surface area contributed by atoms with Crippen LogP contribution in [0.5, 0.6) is 0 Å². The van der Waals surface area contributed by atoms with E-state index in [1.165, 1.54) is 0 Å². The molecule has 0 spiro atoms. The van der Waals surface area contributed by atoms with Gasteiger partial charge in [0.05, 0.1) is 11.3 Å². The summed E-state index contributed by atoms with van der Waals surface area (Å²) in [5.74, 6) is 1.65. The van der Waals surface area contributed by atoms with E-state index in [0.717, 1.165) is 35.9 Å². The zero-order valence-corrected chi connectivity index (χ0v) is 13.3. The number of hydrogen-bond donors (Lipinski definition) is 2. The predicted octanol–water partition coefficient (Wildman–Crippen LogP) is 1.42. The minimum atomic E-state index is -0.223. The van der Waals surface area contributed by atoms with Gasteiger partial charge in [0.15, 0.2) is 5.96 Å². The van der Waals surface area contributed by atoms with E-state index in [2.05, 4.69) is 20.8 Å². The molecule has 1 aromatic rings. The first-order valence-electron chi connectivity index (χ1n) is 6.81. The van der Waals surface area contributed by atoms with Crippen molar-refractivity contribution in [3.63, 3.8) is 0 Å². The molecule has 114 valence electrons. The summed E-state index contributed by atoms with van der Waals surface area (Å²) in [5.41, 5.74) is 1.89. The van der Waals surface area contributed by atoms with Gasteiger partial charge in [0, 0.05) is 32.8 Å². The van der Waals surface area contributed by atoms with Gasteiger partial charge >= 0.3 is 0 Å². The van der Waals surface area contributed by atoms with Crippen molar-refractivity contribution < 1.29 is 9.26 Å². The third-order valence-corrected chi connectivity index (χ3v) is 3.31. The highest BCUT2D eigenvalue weighted by atomic mass is 16.5. The fourth-order valence-electron chi connectivity index (χ4n) is 1.75. The van der Waals surface area contributed by atoms with Crippen LogP contribution in [0.3, 0.4) is 0 Å². The molecular formula is C14H26N4O2. The highest BCUT2D eigenvalue weighted by molar-refractivity contribution is 5.79. The molecule has 0 aliphatic rings. The zero-order valence-electron chi connectivity index (χ0n) is 13.3. The van der Waals surface area contributed by atoms with Crippen LogP contribution in [0, 0.1) is 13.8 Å². The number of rotatable bonds is 6. The number of aryl methyl sites for hydroxylation is 2. The number of aromatic nitrogens is 1. The SMILES string of the molecule is CN=C(NCCc1c(C)noc1C)NCC(C)(C)OC. The van der Waals surface area contributed by atoms with Gasteiger partial charge in [0.2, 0.25) is 0 Å². The number of nitrogens with one attached hydrogen (secondary N) is 2. The molecule has 6 nitrogen and oxygen atoms in total. The van der Waals surface area contributed by atoms with E-state index in [0.29, 0.717) is 6.54 Å². The molecule has 0 amide bonds.